The summed E-state index contributed by atoms with van der Waals surface area (Å²) in [4.78, 5) is 12.3. The van der Waals surface area contributed by atoms with E-state index in [1.165, 1.54) is 17.2 Å². The van der Waals surface area contributed by atoms with Crippen molar-refractivity contribution in [1.82, 2.24) is 5.32 Å². The van der Waals surface area contributed by atoms with Crippen molar-refractivity contribution >= 4 is 34.2 Å². The van der Waals surface area contributed by atoms with Gasteiger partial charge in [0.15, 0.2) is 0 Å². The summed E-state index contributed by atoms with van der Waals surface area (Å²) in [6.45, 7) is 1.76. The van der Waals surface area contributed by atoms with Crippen molar-refractivity contribution in [1.29, 1.82) is 0 Å². The number of phenols is 1. The van der Waals surface area contributed by atoms with Crippen molar-refractivity contribution < 1.29 is 9.90 Å². The standard InChI is InChI=1S/C16H15IN2O2/c17-13-5-4-10(8-15(13)20)16(21)19-14-3-1-2-11-9-18-7-6-12(11)14/h1-5,8,18,20H,6-7,9H2,(H,19,21). The highest BCUT2D eigenvalue weighted by Gasteiger charge is 2.15. The number of rotatable bonds is 2. The fourth-order valence-corrected chi connectivity index (χ4v) is 2.83. The molecule has 21 heavy (non-hydrogen) atoms. The van der Waals surface area contributed by atoms with Crippen molar-refractivity contribution in [2.75, 3.05) is 11.9 Å². The summed E-state index contributed by atoms with van der Waals surface area (Å²) in [6.07, 6.45) is 0.906. The number of benzene rings is 2. The van der Waals surface area contributed by atoms with Crippen LogP contribution in [0.25, 0.3) is 0 Å². The lowest BCUT2D eigenvalue weighted by Crippen LogP contribution is -2.25. The van der Waals surface area contributed by atoms with Crippen LogP contribution in [0.3, 0.4) is 0 Å². The van der Waals surface area contributed by atoms with E-state index in [9.17, 15) is 9.90 Å². The summed E-state index contributed by atoms with van der Waals surface area (Å²) in [5, 5.41) is 16.0. The van der Waals surface area contributed by atoms with E-state index >= 15 is 0 Å². The minimum Gasteiger partial charge on any atom is -0.507 e. The van der Waals surface area contributed by atoms with Crippen LogP contribution >= 0.6 is 22.6 Å². The molecule has 0 unspecified atom stereocenters. The number of aromatic hydroxyl groups is 1. The highest BCUT2D eigenvalue weighted by Crippen LogP contribution is 2.25. The molecule has 1 heterocycles. The maximum Gasteiger partial charge on any atom is 0.255 e. The molecular formula is C16H15IN2O2. The molecule has 0 bridgehead atoms. The summed E-state index contributed by atoms with van der Waals surface area (Å²) >= 11 is 2.03. The number of halogens is 1. The van der Waals surface area contributed by atoms with Gasteiger partial charge in [-0.1, -0.05) is 12.1 Å². The topological polar surface area (TPSA) is 61.4 Å². The van der Waals surface area contributed by atoms with Gasteiger partial charge in [0.1, 0.15) is 5.75 Å². The van der Waals surface area contributed by atoms with Gasteiger partial charge in [-0.2, -0.15) is 0 Å². The zero-order valence-corrected chi connectivity index (χ0v) is 13.5. The molecule has 0 saturated heterocycles. The molecule has 3 N–H and O–H groups in total. The van der Waals surface area contributed by atoms with Crippen molar-refractivity contribution in [3.05, 3.63) is 56.7 Å². The predicted molar refractivity (Wildman–Crippen MR) is 90.6 cm³/mol. The molecule has 0 saturated carbocycles. The van der Waals surface area contributed by atoms with Gasteiger partial charge in [-0.05, 0) is 70.9 Å². The second-order valence-electron chi connectivity index (χ2n) is 4.99. The Hall–Kier alpha value is -1.60. The van der Waals surface area contributed by atoms with Gasteiger partial charge in [0.25, 0.3) is 5.91 Å². The highest BCUT2D eigenvalue weighted by atomic mass is 127. The molecule has 0 spiro atoms. The molecule has 108 valence electrons. The van der Waals surface area contributed by atoms with Gasteiger partial charge in [-0.3, -0.25) is 4.79 Å². The number of hydrogen-bond acceptors (Lipinski definition) is 3. The minimum atomic E-state index is -0.200. The molecule has 0 aromatic heterocycles. The third-order valence-electron chi connectivity index (χ3n) is 3.60. The molecule has 1 aliphatic heterocycles. The van der Waals surface area contributed by atoms with Gasteiger partial charge in [0.2, 0.25) is 0 Å². The number of phenolic OH excluding ortho intramolecular Hbond substituents is 1. The van der Waals surface area contributed by atoms with Crippen LogP contribution in [-0.4, -0.2) is 17.6 Å². The molecule has 1 amide bonds. The highest BCUT2D eigenvalue weighted by molar-refractivity contribution is 14.1. The average molecular weight is 394 g/mol. The average Bonchev–Trinajstić information content (AvgIpc) is 2.50. The lowest BCUT2D eigenvalue weighted by Gasteiger charge is -2.20. The number of hydrogen-bond donors (Lipinski definition) is 3. The number of nitrogens with one attached hydrogen (secondary N) is 2. The molecular weight excluding hydrogens is 379 g/mol. The number of amides is 1. The Bertz CT molecular complexity index is 701. The van der Waals surface area contributed by atoms with E-state index in [1.807, 2.05) is 34.7 Å². The van der Waals surface area contributed by atoms with Gasteiger partial charge in [0, 0.05) is 17.8 Å². The number of fused-ring (bicyclic) bond motifs is 1. The van der Waals surface area contributed by atoms with E-state index in [4.69, 9.17) is 0 Å². The molecule has 5 heteroatoms. The van der Waals surface area contributed by atoms with E-state index in [0.29, 0.717) is 5.56 Å². The van der Waals surface area contributed by atoms with Gasteiger partial charge in [0.05, 0.1) is 3.57 Å². The SMILES string of the molecule is O=C(Nc1cccc2c1CCNC2)c1ccc(I)c(O)c1. The second kappa shape index (κ2) is 6.03. The maximum absolute atomic E-state index is 12.3. The summed E-state index contributed by atoms with van der Waals surface area (Å²) in [7, 11) is 0. The summed E-state index contributed by atoms with van der Waals surface area (Å²) < 4.78 is 0.729. The smallest absolute Gasteiger partial charge is 0.255 e. The maximum atomic E-state index is 12.3. The first-order valence-electron chi connectivity index (χ1n) is 6.76. The molecule has 4 nitrogen and oxygen atoms in total. The molecule has 0 radical (unpaired) electrons. The van der Waals surface area contributed by atoms with Crippen LogP contribution in [0, 0.1) is 3.57 Å². The number of anilines is 1. The monoisotopic (exact) mass is 394 g/mol. The van der Waals surface area contributed by atoms with Gasteiger partial charge in [-0.25, -0.2) is 0 Å². The van der Waals surface area contributed by atoms with Crippen molar-refractivity contribution in [3.63, 3.8) is 0 Å². The Labute approximate surface area is 136 Å². The van der Waals surface area contributed by atoms with E-state index in [-0.39, 0.29) is 11.7 Å². The van der Waals surface area contributed by atoms with Gasteiger partial charge < -0.3 is 15.7 Å². The molecule has 1 aliphatic rings. The summed E-state index contributed by atoms with van der Waals surface area (Å²) in [5.74, 6) is -0.0730. The Morgan fingerprint density at radius 1 is 1.29 bits per heavy atom. The van der Waals surface area contributed by atoms with E-state index in [0.717, 1.165) is 28.8 Å². The molecule has 0 atom stereocenters. The van der Waals surface area contributed by atoms with E-state index in [1.54, 1.807) is 12.1 Å². The largest absolute Gasteiger partial charge is 0.507 e. The fourth-order valence-electron chi connectivity index (χ4n) is 2.50. The third-order valence-corrected chi connectivity index (χ3v) is 4.51. The van der Waals surface area contributed by atoms with Crippen LogP contribution in [0.15, 0.2) is 36.4 Å². The Balaban J connectivity index is 1.86. The zero-order chi connectivity index (χ0) is 14.8. The number of carbonyl (C=O) groups excluding carboxylic acids is 1. The molecule has 3 rings (SSSR count). The quantitative estimate of drug-likeness (QED) is 0.687. The first kappa shape index (κ1) is 14.3. The van der Waals surface area contributed by atoms with Crippen LogP contribution in [0.1, 0.15) is 21.5 Å². The van der Waals surface area contributed by atoms with Crippen LogP contribution in [0.5, 0.6) is 5.75 Å². The minimum absolute atomic E-state index is 0.127. The summed E-state index contributed by atoms with van der Waals surface area (Å²) in [5.41, 5.74) is 3.74. The molecule has 0 fully saturated rings. The van der Waals surface area contributed by atoms with Gasteiger partial charge in [-0.15, -0.1) is 0 Å². The second-order valence-corrected chi connectivity index (χ2v) is 6.15. The lowest BCUT2D eigenvalue weighted by atomic mass is 9.99. The van der Waals surface area contributed by atoms with Crippen LogP contribution < -0.4 is 10.6 Å². The van der Waals surface area contributed by atoms with Crippen molar-refractivity contribution in [3.8, 4) is 5.75 Å². The number of carbonyl (C=O) groups is 1. The van der Waals surface area contributed by atoms with Crippen LogP contribution in [0.4, 0.5) is 5.69 Å². The lowest BCUT2D eigenvalue weighted by molar-refractivity contribution is 0.102. The Morgan fingerprint density at radius 3 is 2.95 bits per heavy atom. The first-order chi connectivity index (χ1) is 10.1. The molecule has 2 aromatic carbocycles. The molecule has 2 aromatic rings. The van der Waals surface area contributed by atoms with E-state index < -0.39 is 0 Å². The molecule has 0 aliphatic carbocycles. The Morgan fingerprint density at radius 2 is 2.14 bits per heavy atom. The third kappa shape index (κ3) is 3.03. The normalized spacial score (nSPS) is 13.6. The predicted octanol–water partition coefficient (Wildman–Crippen LogP) is 2.89. The fraction of sp³-hybridized carbons (Fsp3) is 0.188. The summed E-state index contributed by atoms with van der Waals surface area (Å²) in [6, 6.07) is 10.9. The van der Waals surface area contributed by atoms with Crippen LogP contribution in [-0.2, 0) is 13.0 Å². The van der Waals surface area contributed by atoms with Gasteiger partial charge >= 0.3 is 0 Å². The van der Waals surface area contributed by atoms with E-state index in [2.05, 4.69) is 16.7 Å². The van der Waals surface area contributed by atoms with Crippen molar-refractivity contribution in [2.45, 2.75) is 13.0 Å². The Kier molecular flexibility index (Phi) is 4.12. The zero-order valence-electron chi connectivity index (χ0n) is 11.3. The van der Waals surface area contributed by atoms with Crippen molar-refractivity contribution in [2.24, 2.45) is 0 Å². The first-order valence-corrected chi connectivity index (χ1v) is 7.84. The van der Waals surface area contributed by atoms with Crippen LogP contribution in [0.2, 0.25) is 0 Å².